The fraction of sp³-hybridized carbons (Fsp3) is 0.619. The molecule has 29 heavy (non-hydrogen) atoms. The molecule has 7 nitrogen and oxygen atoms in total. The minimum Gasteiger partial charge on any atom is -0.490 e. The second kappa shape index (κ2) is 9.32. The molecule has 2 aliphatic rings. The SMILES string of the molecule is CC(=O)N1CCO[C@](COc2ccc(Cl)c(C)c2)(CC(=O)N2CCN(C)CC2)C1. The molecule has 1 aromatic rings. The fourth-order valence-corrected chi connectivity index (χ4v) is 3.84. The van der Waals surface area contributed by atoms with E-state index in [9.17, 15) is 9.59 Å². The molecular formula is C21H30ClN3O4. The molecule has 3 rings (SSSR count). The number of rotatable bonds is 5. The van der Waals surface area contributed by atoms with Crippen LogP contribution in [0.4, 0.5) is 0 Å². The van der Waals surface area contributed by atoms with Crippen molar-refractivity contribution in [2.24, 2.45) is 0 Å². The number of hydrogen-bond acceptors (Lipinski definition) is 5. The predicted octanol–water partition coefficient (Wildman–Crippen LogP) is 1.81. The summed E-state index contributed by atoms with van der Waals surface area (Å²) in [5.74, 6) is 0.688. The van der Waals surface area contributed by atoms with Crippen molar-refractivity contribution in [3.63, 3.8) is 0 Å². The van der Waals surface area contributed by atoms with Gasteiger partial charge in [0.1, 0.15) is 18.0 Å². The van der Waals surface area contributed by atoms with Crippen LogP contribution in [-0.4, -0.2) is 91.6 Å². The van der Waals surface area contributed by atoms with E-state index < -0.39 is 5.60 Å². The number of amides is 2. The van der Waals surface area contributed by atoms with E-state index in [1.54, 1.807) is 24.0 Å². The van der Waals surface area contributed by atoms with E-state index in [-0.39, 0.29) is 24.8 Å². The molecule has 0 aliphatic carbocycles. The summed E-state index contributed by atoms with van der Waals surface area (Å²) in [5.41, 5.74) is 0.0550. The molecule has 0 spiro atoms. The average molecular weight is 424 g/mol. The molecule has 0 N–H and O–H groups in total. The average Bonchev–Trinajstić information content (AvgIpc) is 2.69. The lowest BCUT2D eigenvalue weighted by Gasteiger charge is -2.43. The summed E-state index contributed by atoms with van der Waals surface area (Å²) >= 11 is 6.10. The van der Waals surface area contributed by atoms with Gasteiger partial charge in [-0.3, -0.25) is 9.59 Å². The first-order valence-corrected chi connectivity index (χ1v) is 10.4. The van der Waals surface area contributed by atoms with Gasteiger partial charge in [-0.05, 0) is 37.7 Å². The highest BCUT2D eigenvalue weighted by molar-refractivity contribution is 6.31. The van der Waals surface area contributed by atoms with Gasteiger partial charge in [0, 0.05) is 44.7 Å². The molecule has 2 fully saturated rings. The van der Waals surface area contributed by atoms with Crippen molar-refractivity contribution in [3.8, 4) is 5.75 Å². The third kappa shape index (κ3) is 5.62. The zero-order valence-electron chi connectivity index (χ0n) is 17.4. The van der Waals surface area contributed by atoms with Gasteiger partial charge in [-0.15, -0.1) is 0 Å². The van der Waals surface area contributed by atoms with Crippen LogP contribution >= 0.6 is 11.6 Å². The topological polar surface area (TPSA) is 62.3 Å². The Morgan fingerprint density at radius 3 is 2.55 bits per heavy atom. The highest BCUT2D eigenvalue weighted by Gasteiger charge is 2.42. The summed E-state index contributed by atoms with van der Waals surface area (Å²) in [6.45, 7) is 8.04. The zero-order valence-corrected chi connectivity index (χ0v) is 18.2. The Labute approximate surface area is 177 Å². The molecule has 2 amide bonds. The van der Waals surface area contributed by atoms with Crippen molar-refractivity contribution in [1.29, 1.82) is 0 Å². The third-order valence-corrected chi connectivity index (χ3v) is 6.08. The van der Waals surface area contributed by atoms with Crippen LogP contribution in [0.2, 0.25) is 5.02 Å². The van der Waals surface area contributed by atoms with E-state index >= 15 is 0 Å². The van der Waals surface area contributed by atoms with Crippen molar-refractivity contribution < 1.29 is 19.1 Å². The summed E-state index contributed by atoms with van der Waals surface area (Å²) in [5, 5.41) is 0.675. The van der Waals surface area contributed by atoms with E-state index in [2.05, 4.69) is 11.9 Å². The minimum atomic E-state index is -0.863. The van der Waals surface area contributed by atoms with Crippen LogP contribution in [0.3, 0.4) is 0 Å². The Morgan fingerprint density at radius 1 is 1.17 bits per heavy atom. The predicted molar refractivity (Wildman–Crippen MR) is 111 cm³/mol. The van der Waals surface area contributed by atoms with Crippen LogP contribution in [0.25, 0.3) is 0 Å². The maximum atomic E-state index is 13.0. The van der Waals surface area contributed by atoms with Gasteiger partial charge in [0.25, 0.3) is 0 Å². The number of piperazine rings is 1. The van der Waals surface area contributed by atoms with Crippen molar-refractivity contribution in [2.75, 3.05) is 59.5 Å². The van der Waals surface area contributed by atoms with Crippen LogP contribution in [0.15, 0.2) is 18.2 Å². The van der Waals surface area contributed by atoms with Crippen LogP contribution in [0.5, 0.6) is 5.75 Å². The lowest BCUT2D eigenvalue weighted by Crippen LogP contribution is -2.59. The van der Waals surface area contributed by atoms with Crippen molar-refractivity contribution in [3.05, 3.63) is 28.8 Å². The quantitative estimate of drug-likeness (QED) is 0.722. The number of aryl methyl sites for hydroxylation is 1. The van der Waals surface area contributed by atoms with E-state index in [1.165, 1.54) is 0 Å². The molecule has 160 valence electrons. The largest absolute Gasteiger partial charge is 0.490 e. The minimum absolute atomic E-state index is 0.0212. The Hall–Kier alpha value is -1.83. The molecule has 0 radical (unpaired) electrons. The van der Waals surface area contributed by atoms with E-state index in [0.717, 1.165) is 18.7 Å². The number of nitrogens with zero attached hydrogens (tertiary/aromatic N) is 3. The molecule has 2 saturated heterocycles. The maximum Gasteiger partial charge on any atom is 0.225 e. The van der Waals surface area contributed by atoms with Crippen molar-refractivity contribution >= 4 is 23.4 Å². The first-order valence-electron chi connectivity index (χ1n) is 10.0. The van der Waals surface area contributed by atoms with Crippen LogP contribution in [0, 0.1) is 6.92 Å². The maximum absolute atomic E-state index is 13.0. The van der Waals surface area contributed by atoms with E-state index in [4.69, 9.17) is 21.1 Å². The first kappa shape index (κ1) is 21.9. The van der Waals surface area contributed by atoms with Gasteiger partial charge in [-0.25, -0.2) is 0 Å². The van der Waals surface area contributed by atoms with Gasteiger partial charge in [0.2, 0.25) is 11.8 Å². The monoisotopic (exact) mass is 423 g/mol. The number of benzene rings is 1. The van der Waals surface area contributed by atoms with Gasteiger partial charge < -0.3 is 24.2 Å². The summed E-state index contributed by atoms with van der Waals surface area (Å²) < 4.78 is 12.1. The Bertz CT molecular complexity index is 751. The lowest BCUT2D eigenvalue weighted by atomic mass is 9.96. The van der Waals surface area contributed by atoms with Crippen LogP contribution < -0.4 is 4.74 Å². The third-order valence-electron chi connectivity index (χ3n) is 5.65. The number of likely N-dealkylation sites (N-methyl/N-ethyl adjacent to an activating group) is 1. The van der Waals surface area contributed by atoms with Gasteiger partial charge >= 0.3 is 0 Å². The number of carbonyl (C=O) groups is 2. The molecule has 8 heteroatoms. The molecule has 1 atom stereocenters. The highest BCUT2D eigenvalue weighted by Crippen LogP contribution is 2.27. The first-order chi connectivity index (χ1) is 13.8. The van der Waals surface area contributed by atoms with E-state index in [0.29, 0.717) is 43.6 Å². The fourth-order valence-electron chi connectivity index (χ4n) is 3.72. The number of hydrogen-bond donors (Lipinski definition) is 0. The molecule has 0 unspecified atom stereocenters. The Balaban J connectivity index is 1.73. The summed E-state index contributed by atoms with van der Waals surface area (Å²) in [6, 6.07) is 5.46. The van der Waals surface area contributed by atoms with Crippen molar-refractivity contribution in [2.45, 2.75) is 25.9 Å². The Morgan fingerprint density at radius 2 is 1.90 bits per heavy atom. The van der Waals surface area contributed by atoms with Gasteiger partial charge in [0.15, 0.2) is 0 Å². The number of halogens is 1. The summed E-state index contributed by atoms with van der Waals surface area (Å²) in [6.07, 6.45) is 0.188. The molecule has 2 aliphatic heterocycles. The van der Waals surface area contributed by atoms with Crippen LogP contribution in [-0.2, 0) is 14.3 Å². The lowest BCUT2D eigenvalue weighted by molar-refractivity contribution is -0.165. The standard InChI is InChI=1S/C21H30ClN3O4/c1-16-12-18(4-5-19(16)22)28-15-21(14-25(17(2)26)10-11-29-21)13-20(27)24-8-6-23(3)7-9-24/h4-5,12H,6-11,13-15H2,1-3H3/t21-/m1/s1. The molecule has 0 bridgehead atoms. The van der Waals surface area contributed by atoms with Crippen molar-refractivity contribution in [1.82, 2.24) is 14.7 Å². The molecule has 2 heterocycles. The second-order valence-electron chi connectivity index (χ2n) is 8.03. The summed E-state index contributed by atoms with van der Waals surface area (Å²) in [4.78, 5) is 30.8. The molecule has 0 saturated carbocycles. The van der Waals surface area contributed by atoms with E-state index in [1.807, 2.05) is 17.9 Å². The number of carbonyl (C=O) groups excluding carboxylic acids is 2. The molecule has 1 aromatic carbocycles. The smallest absolute Gasteiger partial charge is 0.225 e. The second-order valence-corrected chi connectivity index (χ2v) is 8.44. The van der Waals surface area contributed by atoms with Gasteiger partial charge in [-0.2, -0.15) is 0 Å². The Kier molecular flexibility index (Phi) is 7.03. The number of morpholine rings is 1. The molecular weight excluding hydrogens is 394 g/mol. The zero-order chi connectivity index (χ0) is 21.0. The van der Waals surface area contributed by atoms with Gasteiger partial charge in [0.05, 0.1) is 19.6 Å². The normalized spacial score (nSPS) is 23.2. The van der Waals surface area contributed by atoms with Crippen LogP contribution in [0.1, 0.15) is 18.9 Å². The highest BCUT2D eigenvalue weighted by atomic mass is 35.5. The number of ether oxygens (including phenoxy) is 2. The summed E-state index contributed by atoms with van der Waals surface area (Å²) in [7, 11) is 2.06. The van der Waals surface area contributed by atoms with Gasteiger partial charge in [-0.1, -0.05) is 11.6 Å². The molecule has 0 aromatic heterocycles.